The Morgan fingerprint density at radius 1 is 1.42 bits per heavy atom. The van der Waals surface area contributed by atoms with E-state index < -0.39 is 10.9 Å². The predicted octanol–water partition coefficient (Wildman–Crippen LogP) is 3.14. The Labute approximate surface area is 111 Å². The van der Waals surface area contributed by atoms with Gasteiger partial charge in [0.25, 0.3) is 5.69 Å². The third kappa shape index (κ3) is 4.57. The number of hydrogen-bond acceptors (Lipinski definition) is 4. The number of non-ortho nitro benzene ring substituents is 1. The Hall–Kier alpha value is -2.11. The SMILES string of the molecule is CC(C)(C)CCNc1ccc([N+](=O)[O-])cc1C(=O)O. The van der Waals surface area contributed by atoms with Crippen molar-refractivity contribution in [1.29, 1.82) is 0 Å². The molecule has 1 aromatic carbocycles. The third-order valence-corrected chi connectivity index (χ3v) is 2.63. The lowest BCUT2D eigenvalue weighted by Crippen LogP contribution is -2.14. The predicted molar refractivity (Wildman–Crippen MR) is 72.6 cm³/mol. The second-order valence-corrected chi connectivity index (χ2v) is 5.53. The van der Waals surface area contributed by atoms with Crippen molar-refractivity contribution in [3.63, 3.8) is 0 Å². The van der Waals surface area contributed by atoms with Crippen molar-refractivity contribution in [3.05, 3.63) is 33.9 Å². The van der Waals surface area contributed by atoms with Crippen LogP contribution in [0, 0.1) is 15.5 Å². The average molecular weight is 266 g/mol. The van der Waals surface area contributed by atoms with Gasteiger partial charge in [0.15, 0.2) is 0 Å². The van der Waals surface area contributed by atoms with Gasteiger partial charge in [-0.1, -0.05) is 20.8 Å². The summed E-state index contributed by atoms with van der Waals surface area (Å²) in [6, 6.07) is 3.80. The number of rotatable bonds is 5. The zero-order chi connectivity index (χ0) is 14.6. The lowest BCUT2D eigenvalue weighted by molar-refractivity contribution is -0.384. The highest BCUT2D eigenvalue weighted by atomic mass is 16.6. The zero-order valence-corrected chi connectivity index (χ0v) is 11.3. The van der Waals surface area contributed by atoms with Gasteiger partial charge in [-0.05, 0) is 17.9 Å². The van der Waals surface area contributed by atoms with Crippen LogP contribution in [0.2, 0.25) is 0 Å². The summed E-state index contributed by atoms with van der Waals surface area (Å²) in [6.07, 6.45) is 0.864. The van der Waals surface area contributed by atoms with Crippen LogP contribution in [0.1, 0.15) is 37.6 Å². The molecular formula is C13H18N2O4. The number of carboxylic acids is 1. The standard InChI is InChI=1S/C13H18N2O4/c1-13(2,3)6-7-14-11-5-4-9(15(18)19)8-10(11)12(16)17/h4-5,8,14H,6-7H2,1-3H3,(H,16,17). The lowest BCUT2D eigenvalue weighted by Gasteiger charge is -2.19. The molecule has 19 heavy (non-hydrogen) atoms. The number of benzene rings is 1. The number of anilines is 1. The minimum absolute atomic E-state index is 0.0805. The fourth-order valence-electron chi connectivity index (χ4n) is 1.55. The van der Waals surface area contributed by atoms with Crippen LogP contribution >= 0.6 is 0 Å². The van der Waals surface area contributed by atoms with E-state index in [2.05, 4.69) is 26.1 Å². The van der Waals surface area contributed by atoms with Gasteiger partial charge in [-0.25, -0.2) is 4.79 Å². The van der Waals surface area contributed by atoms with Crippen LogP contribution in [-0.4, -0.2) is 22.5 Å². The summed E-state index contributed by atoms with van der Waals surface area (Å²) in [7, 11) is 0. The molecule has 0 amide bonds. The van der Waals surface area contributed by atoms with E-state index in [0.29, 0.717) is 12.2 Å². The maximum atomic E-state index is 11.1. The van der Waals surface area contributed by atoms with Crippen LogP contribution in [-0.2, 0) is 0 Å². The van der Waals surface area contributed by atoms with Gasteiger partial charge < -0.3 is 10.4 Å². The third-order valence-electron chi connectivity index (χ3n) is 2.63. The number of hydrogen-bond donors (Lipinski definition) is 2. The molecule has 0 atom stereocenters. The fourth-order valence-corrected chi connectivity index (χ4v) is 1.55. The Balaban J connectivity index is 2.89. The number of nitrogens with zero attached hydrogens (tertiary/aromatic N) is 1. The van der Waals surface area contributed by atoms with E-state index >= 15 is 0 Å². The number of nitro benzene ring substituents is 1. The molecule has 0 saturated carbocycles. The van der Waals surface area contributed by atoms with Crippen molar-refractivity contribution in [2.24, 2.45) is 5.41 Å². The smallest absolute Gasteiger partial charge is 0.338 e. The van der Waals surface area contributed by atoms with Crippen molar-refractivity contribution in [3.8, 4) is 0 Å². The quantitative estimate of drug-likeness (QED) is 0.630. The van der Waals surface area contributed by atoms with E-state index in [9.17, 15) is 14.9 Å². The van der Waals surface area contributed by atoms with Crippen LogP contribution in [0.3, 0.4) is 0 Å². The van der Waals surface area contributed by atoms with Gasteiger partial charge in [0.1, 0.15) is 0 Å². The summed E-state index contributed by atoms with van der Waals surface area (Å²) in [5.41, 5.74) is 0.237. The molecular weight excluding hydrogens is 248 g/mol. The highest BCUT2D eigenvalue weighted by Crippen LogP contribution is 2.24. The van der Waals surface area contributed by atoms with Crippen LogP contribution in [0.5, 0.6) is 0 Å². The number of nitro groups is 1. The van der Waals surface area contributed by atoms with E-state index in [1.54, 1.807) is 0 Å². The van der Waals surface area contributed by atoms with Crippen LogP contribution in [0.25, 0.3) is 0 Å². The van der Waals surface area contributed by atoms with Crippen molar-refractivity contribution in [2.75, 3.05) is 11.9 Å². The highest BCUT2D eigenvalue weighted by Gasteiger charge is 2.16. The zero-order valence-electron chi connectivity index (χ0n) is 11.3. The molecule has 0 radical (unpaired) electrons. The van der Waals surface area contributed by atoms with Gasteiger partial charge in [0.05, 0.1) is 10.5 Å². The molecule has 0 aliphatic carbocycles. The highest BCUT2D eigenvalue weighted by molar-refractivity contribution is 5.95. The molecule has 0 bridgehead atoms. The fraction of sp³-hybridized carbons (Fsp3) is 0.462. The van der Waals surface area contributed by atoms with Crippen molar-refractivity contribution >= 4 is 17.3 Å². The average Bonchev–Trinajstić information content (AvgIpc) is 2.27. The molecule has 0 aromatic heterocycles. The van der Waals surface area contributed by atoms with Gasteiger partial charge in [0.2, 0.25) is 0 Å². The molecule has 1 aromatic rings. The molecule has 6 heteroatoms. The molecule has 0 heterocycles. The molecule has 2 N–H and O–H groups in total. The van der Waals surface area contributed by atoms with Crippen LogP contribution in [0.4, 0.5) is 11.4 Å². The van der Waals surface area contributed by atoms with Gasteiger partial charge in [0, 0.05) is 24.4 Å². The molecule has 0 aliphatic rings. The maximum absolute atomic E-state index is 11.1. The summed E-state index contributed by atoms with van der Waals surface area (Å²) in [5.74, 6) is -1.18. The topological polar surface area (TPSA) is 92.5 Å². The maximum Gasteiger partial charge on any atom is 0.338 e. The summed E-state index contributed by atoms with van der Waals surface area (Å²) < 4.78 is 0. The van der Waals surface area contributed by atoms with Crippen LogP contribution in [0.15, 0.2) is 18.2 Å². The van der Waals surface area contributed by atoms with E-state index in [1.807, 2.05) is 0 Å². The largest absolute Gasteiger partial charge is 0.478 e. The molecule has 0 fully saturated rings. The Morgan fingerprint density at radius 2 is 2.05 bits per heavy atom. The monoisotopic (exact) mass is 266 g/mol. The first-order valence-corrected chi connectivity index (χ1v) is 5.96. The first-order chi connectivity index (χ1) is 8.70. The van der Waals surface area contributed by atoms with E-state index in [1.165, 1.54) is 12.1 Å². The van der Waals surface area contributed by atoms with Gasteiger partial charge in [-0.2, -0.15) is 0 Å². The molecule has 1 rings (SSSR count). The van der Waals surface area contributed by atoms with E-state index in [4.69, 9.17) is 5.11 Å². The normalized spacial score (nSPS) is 11.1. The van der Waals surface area contributed by atoms with E-state index in [-0.39, 0.29) is 16.7 Å². The summed E-state index contributed by atoms with van der Waals surface area (Å²) in [5, 5.41) is 22.7. The second kappa shape index (κ2) is 5.69. The van der Waals surface area contributed by atoms with Gasteiger partial charge in [-0.15, -0.1) is 0 Å². The number of aromatic carboxylic acids is 1. The number of nitrogens with one attached hydrogen (secondary N) is 1. The summed E-state index contributed by atoms with van der Waals surface area (Å²) >= 11 is 0. The molecule has 6 nitrogen and oxygen atoms in total. The number of carbonyl (C=O) groups is 1. The first-order valence-electron chi connectivity index (χ1n) is 5.96. The van der Waals surface area contributed by atoms with Crippen molar-refractivity contribution in [2.45, 2.75) is 27.2 Å². The molecule has 0 spiro atoms. The van der Waals surface area contributed by atoms with Crippen molar-refractivity contribution < 1.29 is 14.8 Å². The molecule has 0 aliphatic heterocycles. The van der Waals surface area contributed by atoms with Gasteiger partial charge >= 0.3 is 5.97 Å². The van der Waals surface area contributed by atoms with Gasteiger partial charge in [-0.3, -0.25) is 10.1 Å². The Bertz CT molecular complexity index is 492. The first kappa shape index (κ1) is 14.9. The van der Waals surface area contributed by atoms with Crippen molar-refractivity contribution in [1.82, 2.24) is 0 Å². The Morgan fingerprint density at radius 3 is 2.53 bits per heavy atom. The van der Waals surface area contributed by atoms with E-state index in [0.717, 1.165) is 12.5 Å². The summed E-state index contributed by atoms with van der Waals surface area (Å²) in [6.45, 7) is 6.87. The molecule has 0 unspecified atom stereocenters. The molecule has 104 valence electrons. The Kier molecular flexibility index (Phi) is 4.47. The number of carboxylic acid groups (broad SMARTS) is 1. The minimum atomic E-state index is -1.18. The summed E-state index contributed by atoms with van der Waals surface area (Å²) in [4.78, 5) is 21.1. The lowest BCUT2D eigenvalue weighted by atomic mass is 9.92. The van der Waals surface area contributed by atoms with Crippen LogP contribution < -0.4 is 5.32 Å². The second-order valence-electron chi connectivity index (χ2n) is 5.53. The minimum Gasteiger partial charge on any atom is -0.478 e. The molecule has 0 saturated heterocycles.